The zero-order chi connectivity index (χ0) is 20.4. The first-order valence-corrected chi connectivity index (χ1v) is 10.1. The number of likely N-dealkylation sites (N-methyl/N-ethyl adjacent to an activating group) is 1. The van der Waals surface area contributed by atoms with E-state index in [9.17, 15) is 12.8 Å². The van der Waals surface area contributed by atoms with Gasteiger partial charge in [-0.1, -0.05) is 0 Å². The average molecular weight is 537 g/mol. The summed E-state index contributed by atoms with van der Waals surface area (Å²) in [7, 11) is -0.111. The Labute approximate surface area is 187 Å². The Kier molecular flexibility index (Phi) is 10.8. The third kappa shape index (κ3) is 8.50. The number of aliphatic imine (C=N–C) groups is 1. The van der Waals surface area contributed by atoms with Crippen LogP contribution in [0.1, 0.15) is 0 Å². The molecule has 0 aliphatic carbocycles. The van der Waals surface area contributed by atoms with Crippen molar-refractivity contribution < 1.29 is 17.5 Å². The summed E-state index contributed by atoms with van der Waals surface area (Å²) in [5, 5.41) is 3.08. The van der Waals surface area contributed by atoms with Crippen molar-refractivity contribution in [1.29, 1.82) is 0 Å². The molecule has 1 heterocycles. The molecule has 160 valence electrons. The summed E-state index contributed by atoms with van der Waals surface area (Å²) in [4.78, 5) is 9.93. The Balaban J connectivity index is 0.00000420. The standard InChI is InChI=1S/C18H24FN5O3S.HI/c1-20-18(24(2)12-13-27-16-7-5-15(19)6-8-16)22-10-11-23-28(25,26)17-4-3-9-21-14-17;/h3-9,14,23H,10-13H2,1-2H3,(H,20,22);1H. The number of hydrogen-bond donors (Lipinski definition) is 2. The Bertz CT molecular complexity index is 867. The Morgan fingerprint density at radius 1 is 1.24 bits per heavy atom. The molecule has 1 aromatic heterocycles. The highest BCUT2D eigenvalue weighted by Crippen LogP contribution is 2.10. The van der Waals surface area contributed by atoms with Crippen molar-refractivity contribution in [1.82, 2.24) is 19.9 Å². The van der Waals surface area contributed by atoms with Crippen molar-refractivity contribution in [3.63, 3.8) is 0 Å². The maximum atomic E-state index is 12.9. The van der Waals surface area contributed by atoms with E-state index in [1.807, 2.05) is 11.9 Å². The highest BCUT2D eigenvalue weighted by molar-refractivity contribution is 14.0. The summed E-state index contributed by atoms with van der Waals surface area (Å²) in [5.41, 5.74) is 0. The average Bonchev–Trinajstić information content (AvgIpc) is 2.70. The fraction of sp³-hybridized carbons (Fsp3) is 0.333. The normalized spacial score (nSPS) is 11.5. The van der Waals surface area contributed by atoms with Crippen molar-refractivity contribution in [2.75, 3.05) is 40.3 Å². The van der Waals surface area contributed by atoms with Gasteiger partial charge in [-0.15, -0.1) is 24.0 Å². The van der Waals surface area contributed by atoms with Crippen molar-refractivity contribution in [2.24, 2.45) is 4.99 Å². The number of guanidine groups is 1. The first-order valence-electron chi connectivity index (χ1n) is 8.62. The Morgan fingerprint density at radius 3 is 2.59 bits per heavy atom. The van der Waals surface area contributed by atoms with Gasteiger partial charge in [0.2, 0.25) is 10.0 Å². The van der Waals surface area contributed by atoms with Crippen LogP contribution in [0.25, 0.3) is 0 Å². The number of sulfonamides is 1. The van der Waals surface area contributed by atoms with Gasteiger partial charge in [0.15, 0.2) is 5.96 Å². The summed E-state index contributed by atoms with van der Waals surface area (Å²) in [6, 6.07) is 8.86. The van der Waals surface area contributed by atoms with Gasteiger partial charge in [-0.2, -0.15) is 0 Å². The highest BCUT2D eigenvalue weighted by atomic mass is 127. The van der Waals surface area contributed by atoms with E-state index < -0.39 is 10.0 Å². The third-order valence-electron chi connectivity index (χ3n) is 3.73. The third-order valence-corrected chi connectivity index (χ3v) is 5.17. The largest absolute Gasteiger partial charge is 0.492 e. The van der Waals surface area contributed by atoms with Crippen molar-refractivity contribution in [3.05, 3.63) is 54.6 Å². The van der Waals surface area contributed by atoms with Crippen LogP contribution in [0, 0.1) is 5.82 Å². The van der Waals surface area contributed by atoms with Crippen LogP contribution in [0.2, 0.25) is 0 Å². The Hall–Kier alpha value is -1.99. The first kappa shape index (κ1) is 25.0. The second-order valence-electron chi connectivity index (χ2n) is 5.78. The monoisotopic (exact) mass is 537 g/mol. The maximum Gasteiger partial charge on any atom is 0.242 e. The van der Waals surface area contributed by atoms with E-state index in [0.29, 0.717) is 31.4 Å². The van der Waals surface area contributed by atoms with Gasteiger partial charge < -0.3 is 15.0 Å². The van der Waals surface area contributed by atoms with Gasteiger partial charge in [0.05, 0.1) is 6.54 Å². The molecule has 29 heavy (non-hydrogen) atoms. The SMILES string of the molecule is CN=C(NCCNS(=O)(=O)c1cccnc1)N(C)CCOc1ccc(F)cc1.I. The Morgan fingerprint density at radius 2 is 1.97 bits per heavy atom. The van der Waals surface area contributed by atoms with Crippen molar-refractivity contribution >= 4 is 40.0 Å². The predicted molar refractivity (Wildman–Crippen MR) is 121 cm³/mol. The van der Waals surface area contributed by atoms with E-state index in [4.69, 9.17) is 4.74 Å². The van der Waals surface area contributed by atoms with E-state index in [2.05, 4.69) is 20.0 Å². The van der Waals surface area contributed by atoms with Crippen molar-refractivity contribution in [3.8, 4) is 5.75 Å². The fourth-order valence-corrected chi connectivity index (χ4v) is 3.27. The van der Waals surface area contributed by atoms with Gasteiger partial charge >= 0.3 is 0 Å². The molecule has 8 nitrogen and oxygen atoms in total. The lowest BCUT2D eigenvalue weighted by atomic mass is 10.3. The molecule has 0 aliphatic heterocycles. The van der Waals surface area contributed by atoms with E-state index in [0.717, 1.165) is 0 Å². The van der Waals surface area contributed by atoms with Crippen LogP contribution < -0.4 is 14.8 Å². The lowest BCUT2D eigenvalue weighted by molar-refractivity contribution is 0.281. The number of aromatic nitrogens is 1. The van der Waals surface area contributed by atoms with E-state index in [1.165, 1.54) is 30.6 Å². The van der Waals surface area contributed by atoms with E-state index >= 15 is 0 Å². The molecule has 0 amide bonds. The number of pyridine rings is 1. The number of hydrogen-bond acceptors (Lipinski definition) is 5. The van der Waals surface area contributed by atoms with Gasteiger partial charge in [-0.05, 0) is 36.4 Å². The zero-order valence-electron chi connectivity index (χ0n) is 16.2. The molecule has 11 heteroatoms. The lowest BCUT2D eigenvalue weighted by Crippen LogP contribution is -2.43. The fourth-order valence-electron chi connectivity index (χ4n) is 2.27. The summed E-state index contributed by atoms with van der Waals surface area (Å²) < 4.78 is 45.2. The van der Waals surface area contributed by atoms with Crippen LogP contribution in [0.5, 0.6) is 5.75 Å². The van der Waals surface area contributed by atoms with Gasteiger partial charge in [0.25, 0.3) is 0 Å². The minimum Gasteiger partial charge on any atom is -0.492 e. The summed E-state index contributed by atoms with van der Waals surface area (Å²) in [6.07, 6.45) is 2.81. The number of halogens is 2. The molecule has 0 aliphatic rings. The van der Waals surface area contributed by atoms with Gasteiger partial charge in [0, 0.05) is 39.6 Å². The molecule has 2 aromatic rings. The first-order chi connectivity index (χ1) is 13.4. The van der Waals surface area contributed by atoms with E-state index in [1.54, 1.807) is 25.2 Å². The molecular weight excluding hydrogens is 512 g/mol. The summed E-state index contributed by atoms with van der Waals surface area (Å²) in [6.45, 7) is 1.47. The van der Waals surface area contributed by atoms with Crippen LogP contribution in [-0.4, -0.2) is 64.6 Å². The second kappa shape index (κ2) is 12.5. The smallest absolute Gasteiger partial charge is 0.242 e. The van der Waals surface area contributed by atoms with Crippen LogP contribution in [0.15, 0.2) is 58.7 Å². The van der Waals surface area contributed by atoms with Crippen LogP contribution >= 0.6 is 24.0 Å². The zero-order valence-corrected chi connectivity index (χ0v) is 19.4. The van der Waals surface area contributed by atoms with Crippen LogP contribution in [-0.2, 0) is 10.0 Å². The second-order valence-corrected chi connectivity index (χ2v) is 7.55. The molecule has 0 spiro atoms. The number of rotatable bonds is 9. The molecule has 2 N–H and O–H groups in total. The number of ether oxygens (including phenoxy) is 1. The van der Waals surface area contributed by atoms with Gasteiger partial charge in [0.1, 0.15) is 23.1 Å². The molecular formula is C18H25FIN5O3S. The lowest BCUT2D eigenvalue weighted by Gasteiger charge is -2.22. The van der Waals surface area contributed by atoms with Crippen LogP contribution in [0.3, 0.4) is 0 Å². The summed E-state index contributed by atoms with van der Waals surface area (Å²) in [5.74, 6) is 0.874. The minimum atomic E-state index is -3.59. The number of nitrogens with one attached hydrogen (secondary N) is 2. The van der Waals surface area contributed by atoms with Gasteiger partial charge in [-0.25, -0.2) is 17.5 Å². The molecule has 0 radical (unpaired) electrons. The molecule has 1 aromatic carbocycles. The van der Waals surface area contributed by atoms with E-state index in [-0.39, 0.29) is 41.2 Å². The van der Waals surface area contributed by atoms with Gasteiger partial charge in [-0.3, -0.25) is 9.98 Å². The molecule has 0 atom stereocenters. The predicted octanol–water partition coefficient (Wildman–Crippen LogP) is 1.70. The molecule has 0 saturated heterocycles. The quantitative estimate of drug-likeness (QED) is 0.219. The number of nitrogens with zero attached hydrogens (tertiary/aromatic N) is 3. The topological polar surface area (TPSA) is 95.9 Å². The highest BCUT2D eigenvalue weighted by Gasteiger charge is 2.13. The molecule has 0 fully saturated rings. The summed E-state index contributed by atoms with van der Waals surface area (Å²) >= 11 is 0. The maximum absolute atomic E-state index is 12.9. The van der Waals surface area contributed by atoms with Crippen LogP contribution in [0.4, 0.5) is 4.39 Å². The molecule has 0 bridgehead atoms. The minimum absolute atomic E-state index is 0. The number of benzene rings is 1. The molecule has 0 saturated carbocycles. The van der Waals surface area contributed by atoms with Crippen molar-refractivity contribution in [2.45, 2.75) is 4.90 Å². The molecule has 0 unspecified atom stereocenters. The molecule has 2 rings (SSSR count).